The number of urea groups is 1. The number of hydrogen-bond acceptors (Lipinski definition) is 3. The molecule has 0 aromatic heterocycles. The van der Waals surface area contributed by atoms with Crippen molar-refractivity contribution in [2.45, 2.75) is 12.0 Å². The van der Waals surface area contributed by atoms with E-state index in [-0.39, 0.29) is 27.0 Å². The monoisotopic (exact) mass is 455 g/mol. The van der Waals surface area contributed by atoms with Gasteiger partial charge in [0.15, 0.2) is 0 Å². The van der Waals surface area contributed by atoms with E-state index in [9.17, 15) is 9.90 Å². The Labute approximate surface area is 186 Å². The first-order chi connectivity index (χ1) is 13.7. The molecular formula is C21H24Cl3N3O2. The molecule has 8 heteroatoms. The van der Waals surface area contributed by atoms with Crippen molar-refractivity contribution < 1.29 is 9.90 Å². The minimum Gasteiger partial charge on any atom is -0.385 e. The number of nitrogens with zero attached hydrogens (tertiary/aromatic N) is 2. The summed E-state index contributed by atoms with van der Waals surface area (Å²) in [7, 11) is 3.92. The first-order valence-electron chi connectivity index (χ1n) is 9.34. The number of amides is 2. The smallest absolute Gasteiger partial charge is 0.321 e. The van der Waals surface area contributed by atoms with E-state index in [2.05, 4.69) is 5.32 Å². The highest BCUT2D eigenvalue weighted by atomic mass is 35.5. The molecule has 0 aliphatic carbocycles. The topological polar surface area (TPSA) is 55.8 Å². The number of nitrogens with one attached hydrogen (secondary N) is 1. The Morgan fingerprint density at radius 1 is 1.21 bits per heavy atom. The summed E-state index contributed by atoms with van der Waals surface area (Å²) < 4.78 is 0. The molecule has 2 aromatic carbocycles. The van der Waals surface area contributed by atoms with Crippen LogP contribution in [0.5, 0.6) is 0 Å². The highest BCUT2D eigenvalue weighted by Gasteiger charge is 2.44. The SMILES string of the molecule is CN(C)CC1CN(C(=O)Nc2cc(Cl)c(Cl)c(Cl)c2)CCC1(O)c1ccccc1. The standard InChI is InChI=1S/C21H24Cl3N3O2/c1-26(2)12-15-13-27(9-8-21(15,29)14-6-4-3-5-7-14)20(28)25-16-10-17(22)19(24)18(23)11-16/h3-7,10-11,15,29H,8-9,12-13H2,1-2H3,(H,25,28). The Hall–Kier alpha value is -1.50. The summed E-state index contributed by atoms with van der Waals surface area (Å²) in [5.41, 5.74) is 0.362. The van der Waals surface area contributed by atoms with Gasteiger partial charge in [-0.3, -0.25) is 0 Å². The Kier molecular flexibility index (Phi) is 6.97. The third-order valence-corrected chi connectivity index (χ3v) is 6.46. The van der Waals surface area contributed by atoms with Gasteiger partial charge in [0.05, 0.1) is 20.7 Å². The normalized spacial score (nSPS) is 22.0. The van der Waals surface area contributed by atoms with E-state index in [1.54, 1.807) is 17.0 Å². The molecule has 29 heavy (non-hydrogen) atoms. The summed E-state index contributed by atoms with van der Waals surface area (Å²) in [6.45, 7) is 1.49. The van der Waals surface area contributed by atoms with Crippen LogP contribution in [0, 0.1) is 5.92 Å². The molecule has 156 valence electrons. The molecule has 2 amide bonds. The van der Waals surface area contributed by atoms with Crippen LogP contribution in [0.1, 0.15) is 12.0 Å². The van der Waals surface area contributed by atoms with Crippen LogP contribution in [0.4, 0.5) is 10.5 Å². The van der Waals surface area contributed by atoms with Gasteiger partial charge in [0.1, 0.15) is 0 Å². The maximum Gasteiger partial charge on any atom is 0.321 e. The summed E-state index contributed by atoms with van der Waals surface area (Å²) >= 11 is 18.1. The van der Waals surface area contributed by atoms with Crippen molar-refractivity contribution in [2.75, 3.05) is 39.0 Å². The summed E-state index contributed by atoms with van der Waals surface area (Å²) in [5, 5.41) is 15.1. The van der Waals surface area contributed by atoms with E-state index in [0.717, 1.165) is 5.56 Å². The molecule has 1 saturated heterocycles. The van der Waals surface area contributed by atoms with E-state index in [0.29, 0.717) is 31.7 Å². The lowest BCUT2D eigenvalue weighted by atomic mass is 9.75. The fourth-order valence-electron chi connectivity index (χ4n) is 3.79. The van der Waals surface area contributed by atoms with Gasteiger partial charge in [-0.15, -0.1) is 0 Å². The molecule has 2 N–H and O–H groups in total. The molecule has 1 fully saturated rings. The number of rotatable bonds is 4. The van der Waals surface area contributed by atoms with Gasteiger partial charge in [0, 0.05) is 31.2 Å². The molecule has 2 unspecified atom stereocenters. The van der Waals surface area contributed by atoms with Crippen LogP contribution in [0.3, 0.4) is 0 Å². The largest absolute Gasteiger partial charge is 0.385 e. The quantitative estimate of drug-likeness (QED) is 0.640. The van der Waals surface area contributed by atoms with Gasteiger partial charge in [0.25, 0.3) is 0 Å². The van der Waals surface area contributed by atoms with Crippen molar-refractivity contribution in [3.05, 3.63) is 63.1 Å². The first kappa shape index (κ1) is 22.2. The number of hydrogen-bond donors (Lipinski definition) is 2. The van der Waals surface area contributed by atoms with E-state index in [1.807, 2.05) is 49.3 Å². The van der Waals surface area contributed by atoms with Gasteiger partial charge in [-0.1, -0.05) is 65.1 Å². The zero-order valence-electron chi connectivity index (χ0n) is 16.3. The predicted molar refractivity (Wildman–Crippen MR) is 119 cm³/mol. The molecule has 0 radical (unpaired) electrons. The van der Waals surface area contributed by atoms with Crippen molar-refractivity contribution in [1.82, 2.24) is 9.80 Å². The molecule has 1 aliphatic rings. The first-order valence-corrected chi connectivity index (χ1v) is 10.5. The fraction of sp³-hybridized carbons (Fsp3) is 0.381. The predicted octanol–water partition coefficient (Wildman–Crippen LogP) is 4.95. The molecule has 5 nitrogen and oxygen atoms in total. The molecule has 0 saturated carbocycles. The molecule has 1 heterocycles. The summed E-state index contributed by atoms with van der Waals surface area (Å²) in [5.74, 6) is -0.142. The van der Waals surface area contributed by atoms with Crippen LogP contribution in [0.25, 0.3) is 0 Å². The maximum atomic E-state index is 12.9. The second-order valence-electron chi connectivity index (χ2n) is 7.63. The minimum absolute atomic E-state index is 0.142. The molecule has 1 aliphatic heterocycles. The summed E-state index contributed by atoms with van der Waals surface area (Å²) in [6, 6.07) is 12.5. The molecule has 0 spiro atoms. The number of carbonyl (C=O) groups excluding carboxylic acids is 1. The average Bonchev–Trinajstić information content (AvgIpc) is 2.68. The number of carbonyl (C=O) groups is 1. The van der Waals surface area contributed by atoms with Crippen molar-refractivity contribution in [3.63, 3.8) is 0 Å². The highest BCUT2D eigenvalue weighted by molar-refractivity contribution is 6.48. The third-order valence-electron chi connectivity index (χ3n) is 5.26. The Morgan fingerprint density at radius 2 is 1.83 bits per heavy atom. The van der Waals surface area contributed by atoms with Gasteiger partial charge in [-0.05, 0) is 38.2 Å². The third kappa shape index (κ3) is 4.98. The van der Waals surface area contributed by atoms with Crippen molar-refractivity contribution in [1.29, 1.82) is 0 Å². The van der Waals surface area contributed by atoms with Gasteiger partial charge < -0.3 is 20.2 Å². The average molecular weight is 457 g/mol. The summed E-state index contributed by atoms with van der Waals surface area (Å²) in [4.78, 5) is 16.6. The number of benzene rings is 2. The zero-order valence-corrected chi connectivity index (χ0v) is 18.6. The lowest BCUT2D eigenvalue weighted by molar-refractivity contribution is -0.0749. The van der Waals surface area contributed by atoms with E-state index < -0.39 is 5.60 Å². The van der Waals surface area contributed by atoms with Gasteiger partial charge in [-0.25, -0.2) is 4.79 Å². The Bertz CT molecular complexity index is 856. The van der Waals surface area contributed by atoms with Crippen molar-refractivity contribution in [3.8, 4) is 0 Å². The van der Waals surface area contributed by atoms with Gasteiger partial charge in [-0.2, -0.15) is 0 Å². The number of aliphatic hydroxyl groups is 1. The molecule has 3 rings (SSSR count). The fourth-order valence-corrected chi connectivity index (χ4v) is 4.39. The van der Waals surface area contributed by atoms with Crippen LogP contribution >= 0.6 is 34.8 Å². The molecular weight excluding hydrogens is 433 g/mol. The number of anilines is 1. The van der Waals surface area contributed by atoms with Crippen LogP contribution in [-0.4, -0.2) is 54.7 Å². The summed E-state index contributed by atoms with van der Waals surface area (Å²) in [6.07, 6.45) is 0.449. The Morgan fingerprint density at radius 3 is 2.41 bits per heavy atom. The zero-order chi connectivity index (χ0) is 21.2. The van der Waals surface area contributed by atoms with Crippen molar-refractivity contribution in [2.24, 2.45) is 5.92 Å². The van der Waals surface area contributed by atoms with Gasteiger partial charge in [0.2, 0.25) is 0 Å². The Balaban J connectivity index is 1.78. The minimum atomic E-state index is -0.991. The second kappa shape index (κ2) is 9.11. The van der Waals surface area contributed by atoms with E-state index in [4.69, 9.17) is 34.8 Å². The van der Waals surface area contributed by atoms with Gasteiger partial charge >= 0.3 is 6.03 Å². The van der Waals surface area contributed by atoms with Crippen LogP contribution < -0.4 is 5.32 Å². The van der Waals surface area contributed by atoms with E-state index in [1.165, 1.54) is 0 Å². The van der Waals surface area contributed by atoms with Crippen LogP contribution in [0.15, 0.2) is 42.5 Å². The molecule has 2 atom stereocenters. The highest BCUT2D eigenvalue weighted by Crippen LogP contribution is 2.38. The second-order valence-corrected chi connectivity index (χ2v) is 8.82. The lowest BCUT2D eigenvalue weighted by Crippen LogP contribution is -2.55. The maximum absolute atomic E-state index is 12.9. The number of halogens is 3. The van der Waals surface area contributed by atoms with Crippen LogP contribution in [-0.2, 0) is 5.60 Å². The number of likely N-dealkylation sites (tertiary alicyclic amines) is 1. The molecule has 0 bridgehead atoms. The molecule has 2 aromatic rings. The van der Waals surface area contributed by atoms with Crippen molar-refractivity contribution >= 4 is 46.5 Å². The lowest BCUT2D eigenvalue weighted by Gasteiger charge is -2.45. The van der Waals surface area contributed by atoms with E-state index >= 15 is 0 Å². The number of piperidine rings is 1. The van der Waals surface area contributed by atoms with Crippen LogP contribution in [0.2, 0.25) is 15.1 Å².